The highest BCUT2D eigenvalue weighted by atomic mass is 19.1. The summed E-state index contributed by atoms with van der Waals surface area (Å²) in [4.78, 5) is 13.8. The molecule has 1 rings (SSSR count). The molecule has 4 heteroatoms. The predicted molar refractivity (Wildman–Crippen MR) is 70.9 cm³/mol. The van der Waals surface area contributed by atoms with E-state index in [1.165, 1.54) is 12.1 Å². The van der Waals surface area contributed by atoms with Gasteiger partial charge in [0.15, 0.2) is 0 Å². The maximum absolute atomic E-state index is 12.7. The van der Waals surface area contributed by atoms with Gasteiger partial charge in [0.2, 0.25) is 5.91 Å². The standard InChI is InChI=1S/C14H21FN2O/c1-14(2,16-3)13(18)17(4)10-9-11-5-7-12(15)8-6-11/h5-8,16H,9-10H2,1-4H3. The topological polar surface area (TPSA) is 32.3 Å². The number of nitrogens with zero attached hydrogens (tertiary/aromatic N) is 1. The molecule has 0 bridgehead atoms. The molecule has 0 aliphatic carbocycles. The van der Waals surface area contributed by atoms with E-state index in [-0.39, 0.29) is 11.7 Å². The number of amides is 1. The van der Waals surface area contributed by atoms with Crippen LogP contribution in [0, 0.1) is 5.82 Å². The molecular formula is C14H21FN2O. The van der Waals surface area contributed by atoms with Crippen LogP contribution in [0.2, 0.25) is 0 Å². The maximum Gasteiger partial charge on any atom is 0.242 e. The van der Waals surface area contributed by atoms with Crippen LogP contribution < -0.4 is 5.32 Å². The second kappa shape index (κ2) is 5.96. The molecule has 0 fully saturated rings. The van der Waals surface area contributed by atoms with E-state index in [4.69, 9.17) is 0 Å². The van der Waals surface area contributed by atoms with Crippen molar-refractivity contribution in [3.63, 3.8) is 0 Å². The molecule has 18 heavy (non-hydrogen) atoms. The number of hydrogen-bond acceptors (Lipinski definition) is 2. The first-order valence-electron chi connectivity index (χ1n) is 6.06. The van der Waals surface area contributed by atoms with Crippen LogP contribution in [-0.4, -0.2) is 37.0 Å². The maximum atomic E-state index is 12.7. The Hall–Kier alpha value is -1.42. The molecule has 0 saturated carbocycles. The van der Waals surface area contributed by atoms with E-state index < -0.39 is 5.54 Å². The van der Waals surface area contributed by atoms with E-state index >= 15 is 0 Å². The summed E-state index contributed by atoms with van der Waals surface area (Å²) in [5.41, 5.74) is 0.468. The summed E-state index contributed by atoms with van der Waals surface area (Å²) >= 11 is 0. The second-order valence-corrected chi connectivity index (χ2v) is 4.98. The van der Waals surface area contributed by atoms with E-state index in [1.54, 1.807) is 31.1 Å². The number of nitrogens with one attached hydrogen (secondary N) is 1. The van der Waals surface area contributed by atoms with Gasteiger partial charge in [-0.05, 0) is 45.0 Å². The highest BCUT2D eigenvalue weighted by Gasteiger charge is 2.27. The average molecular weight is 252 g/mol. The fraction of sp³-hybridized carbons (Fsp3) is 0.500. The zero-order valence-electron chi connectivity index (χ0n) is 11.5. The van der Waals surface area contributed by atoms with Gasteiger partial charge in [0.25, 0.3) is 0 Å². The van der Waals surface area contributed by atoms with Gasteiger partial charge in [-0.2, -0.15) is 0 Å². The summed E-state index contributed by atoms with van der Waals surface area (Å²) in [7, 11) is 3.55. The molecule has 1 amide bonds. The fourth-order valence-electron chi connectivity index (χ4n) is 1.63. The molecule has 0 spiro atoms. The van der Waals surface area contributed by atoms with Crippen LogP contribution in [-0.2, 0) is 11.2 Å². The minimum atomic E-state index is -0.558. The van der Waals surface area contributed by atoms with E-state index in [2.05, 4.69) is 5.32 Å². The third kappa shape index (κ3) is 3.81. The quantitative estimate of drug-likeness (QED) is 0.867. The zero-order valence-corrected chi connectivity index (χ0v) is 11.5. The molecule has 0 aliphatic rings. The molecule has 0 atom stereocenters. The van der Waals surface area contributed by atoms with Crippen molar-refractivity contribution in [2.24, 2.45) is 0 Å². The number of carbonyl (C=O) groups excluding carboxylic acids is 1. The molecule has 0 saturated heterocycles. The minimum Gasteiger partial charge on any atom is -0.344 e. The van der Waals surface area contributed by atoms with Crippen LogP contribution in [0.4, 0.5) is 4.39 Å². The molecule has 0 heterocycles. The Bertz CT molecular complexity index is 401. The zero-order chi connectivity index (χ0) is 13.8. The first-order chi connectivity index (χ1) is 8.36. The molecule has 3 nitrogen and oxygen atoms in total. The Balaban J connectivity index is 2.53. The largest absolute Gasteiger partial charge is 0.344 e. The van der Waals surface area contributed by atoms with Crippen molar-refractivity contribution >= 4 is 5.91 Å². The van der Waals surface area contributed by atoms with Gasteiger partial charge in [0.1, 0.15) is 5.82 Å². The Morgan fingerprint density at radius 3 is 2.39 bits per heavy atom. The van der Waals surface area contributed by atoms with E-state index in [0.717, 1.165) is 12.0 Å². The summed E-state index contributed by atoms with van der Waals surface area (Å²) in [6, 6.07) is 6.37. The van der Waals surface area contributed by atoms with Crippen LogP contribution in [0.5, 0.6) is 0 Å². The molecule has 1 N–H and O–H groups in total. The van der Waals surface area contributed by atoms with Crippen LogP contribution in [0.1, 0.15) is 19.4 Å². The summed E-state index contributed by atoms with van der Waals surface area (Å²) in [6.45, 7) is 4.32. The van der Waals surface area contributed by atoms with Crippen molar-refractivity contribution in [2.45, 2.75) is 25.8 Å². The molecule has 0 aliphatic heterocycles. The highest BCUT2D eigenvalue weighted by Crippen LogP contribution is 2.08. The molecule has 1 aromatic carbocycles. The Morgan fingerprint density at radius 2 is 1.89 bits per heavy atom. The molecule has 0 aromatic heterocycles. The van der Waals surface area contributed by atoms with Gasteiger partial charge in [-0.1, -0.05) is 12.1 Å². The molecule has 1 aromatic rings. The third-order valence-electron chi connectivity index (χ3n) is 3.16. The van der Waals surface area contributed by atoms with Crippen molar-refractivity contribution in [1.29, 1.82) is 0 Å². The van der Waals surface area contributed by atoms with Crippen LogP contribution in [0.3, 0.4) is 0 Å². The lowest BCUT2D eigenvalue weighted by molar-refractivity contribution is -0.135. The van der Waals surface area contributed by atoms with Crippen molar-refractivity contribution in [3.05, 3.63) is 35.6 Å². The number of carbonyl (C=O) groups is 1. The number of hydrogen-bond donors (Lipinski definition) is 1. The third-order valence-corrected chi connectivity index (χ3v) is 3.16. The summed E-state index contributed by atoms with van der Waals surface area (Å²) < 4.78 is 12.7. The van der Waals surface area contributed by atoms with Gasteiger partial charge in [-0.25, -0.2) is 4.39 Å². The average Bonchev–Trinajstić information content (AvgIpc) is 2.36. The lowest BCUT2D eigenvalue weighted by Gasteiger charge is -2.29. The van der Waals surface area contributed by atoms with Gasteiger partial charge < -0.3 is 10.2 Å². The molecular weight excluding hydrogens is 231 g/mol. The van der Waals surface area contributed by atoms with Gasteiger partial charge in [-0.15, -0.1) is 0 Å². The Kier molecular flexibility index (Phi) is 4.84. The number of likely N-dealkylation sites (N-methyl/N-ethyl adjacent to an activating group) is 2. The van der Waals surface area contributed by atoms with E-state index in [0.29, 0.717) is 6.54 Å². The van der Waals surface area contributed by atoms with E-state index in [9.17, 15) is 9.18 Å². The van der Waals surface area contributed by atoms with E-state index in [1.807, 2.05) is 13.8 Å². The lowest BCUT2D eigenvalue weighted by atomic mass is 10.0. The first-order valence-corrected chi connectivity index (χ1v) is 6.06. The van der Waals surface area contributed by atoms with Gasteiger partial charge >= 0.3 is 0 Å². The highest BCUT2D eigenvalue weighted by molar-refractivity contribution is 5.85. The molecule has 100 valence electrons. The Labute approximate surface area is 108 Å². The van der Waals surface area contributed by atoms with Gasteiger partial charge in [0, 0.05) is 13.6 Å². The van der Waals surface area contributed by atoms with Crippen molar-refractivity contribution in [3.8, 4) is 0 Å². The van der Waals surface area contributed by atoms with Crippen LogP contribution in [0.25, 0.3) is 0 Å². The van der Waals surface area contributed by atoms with Crippen molar-refractivity contribution in [2.75, 3.05) is 20.6 Å². The lowest BCUT2D eigenvalue weighted by Crippen LogP contribution is -2.52. The number of halogens is 1. The number of benzene rings is 1. The van der Waals surface area contributed by atoms with Crippen molar-refractivity contribution < 1.29 is 9.18 Å². The second-order valence-electron chi connectivity index (χ2n) is 4.98. The molecule has 0 unspecified atom stereocenters. The van der Waals surface area contributed by atoms with Crippen LogP contribution in [0.15, 0.2) is 24.3 Å². The van der Waals surface area contributed by atoms with Crippen LogP contribution >= 0.6 is 0 Å². The number of rotatable bonds is 5. The summed E-state index contributed by atoms with van der Waals surface area (Å²) in [5, 5.41) is 2.99. The summed E-state index contributed by atoms with van der Waals surface area (Å²) in [5.74, 6) is -0.188. The smallest absolute Gasteiger partial charge is 0.242 e. The first kappa shape index (κ1) is 14.6. The SMILES string of the molecule is CNC(C)(C)C(=O)N(C)CCc1ccc(F)cc1. The monoisotopic (exact) mass is 252 g/mol. The van der Waals surface area contributed by atoms with Gasteiger partial charge in [-0.3, -0.25) is 4.79 Å². The summed E-state index contributed by atoms with van der Waals surface area (Å²) in [6.07, 6.45) is 0.725. The predicted octanol–water partition coefficient (Wildman–Crippen LogP) is 1.82. The van der Waals surface area contributed by atoms with Crippen molar-refractivity contribution in [1.82, 2.24) is 10.2 Å². The fourth-order valence-corrected chi connectivity index (χ4v) is 1.63. The Morgan fingerprint density at radius 1 is 1.33 bits per heavy atom. The minimum absolute atomic E-state index is 0.0483. The van der Waals surface area contributed by atoms with Gasteiger partial charge in [0.05, 0.1) is 5.54 Å². The molecule has 0 radical (unpaired) electrons. The normalized spacial score (nSPS) is 11.4.